The Morgan fingerprint density at radius 3 is 3.56 bits per heavy atom. The molecule has 50 valence electrons. The maximum atomic E-state index is 5.18. The summed E-state index contributed by atoms with van der Waals surface area (Å²) in [6.45, 7) is 3.12. The van der Waals surface area contributed by atoms with Crippen LogP contribution in [-0.2, 0) is 4.74 Å². The summed E-state index contributed by atoms with van der Waals surface area (Å²) >= 11 is 0. The minimum absolute atomic E-state index is 0.791. The lowest BCUT2D eigenvalue weighted by Crippen LogP contribution is -2.12. The predicted octanol–water partition coefficient (Wildman–Crippen LogP) is 0.510. The van der Waals surface area contributed by atoms with Crippen molar-refractivity contribution in [1.82, 2.24) is 5.32 Å². The molecule has 0 spiro atoms. The quantitative estimate of drug-likeness (QED) is 0.509. The van der Waals surface area contributed by atoms with Gasteiger partial charge in [0.25, 0.3) is 0 Å². The maximum absolute atomic E-state index is 5.18. The third kappa shape index (κ3) is 0.833. The molecule has 0 aromatic carbocycles. The molecule has 0 bridgehead atoms. The molecule has 2 rings (SSSR count). The highest BCUT2D eigenvalue weighted by Gasteiger charge is 2.22. The van der Waals surface area contributed by atoms with Gasteiger partial charge in [-0.2, -0.15) is 0 Å². The Labute approximate surface area is 54.9 Å². The van der Waals surface area contributed by atoms with Crippen LogP contribution in [0, 0.1) is 5.92 Å². The molecular weight excluding hydrogens is 114 g/mol. The molecule has 0 aliphatic carbocycles. The zero-order chi connectivity index (χ0) is 6.10. The predicted molar refractivity (Wildman–Crippen MR) is 35.0 cm³/mol. The molecule has 1 fully saturated rings. The van der Waals surface area contributed by atoms with Crippen LogP contribution in [0.25, 0.3) is 0 Å². The van der Waals surface area contributed by atoms with Crippen molar-refractivity contribution in [3.8, 4) is 0 Å². The number of hydrogen-bond donors (Lipinski definition) is 1. The molecule has 2 nitrogen and oxygen atoms in total. The lowest BCUT2D eigenvalue weighted by molar-refractivity contribution is 0.207. The Morgan fingerprint density at radius 2 is 2.67 bits per heavy atom. The highest BCUT2D eigenvalue weighted by Crippen LogP contribution is 2.22. The summed E-state index contributed by atoms with van der Waals surface area (Å²) in [4.78, 5) is 0. The maximum Gasteiger partial charge on any atom is 0.0879 e. The fourth-order valence-corrected chi connectivity index (χ4v) is 1.47. The van der Waals surface area contributed by atoms with E-state index in [0.29, 0.717) is 0 Å². The third-order valence-corrected chi connectivity index (χ3v) is 2.06. The Kier molecular flexibility index (Phi) is 1.19. The van der Waals surface area contributed by atoms with Gasteiger partial charge < -0.3 is 10.1 Å². The summed E-state index contributed by atoms with van der Waals surface area (Å²) in [6.07, 6.45) is 3.13. The van der Waals surface area contributed by atoms with Gasteiger partial charge in [0.15, 0.2) is 0 Å². The molecule has 0 amide bonds. The van der Waals surface area contributed by atoms with E-state index in [1.165, 1.54) is 12.0 Å². The first kappa shape index (κ1) is 5.30. The number of hydrogen-bond acceptors (Lipinski definition) is 2. The van der Waals surface area contributed by atoms with Gasteiger partial charge in [-0.3, -0.25) is 0 Å². The van der Waals surface area contributed by atoms with Gasteiger partial charge in [0.05, 0.1) is 12.9 Å². The number of rotatable bonds is 0. The summed E-state index contributed by atoms with van der Waals surface area (Å²) < 4.78 is 5.18. The van der Waals surface area contributed by atoms with E-state index in [9.17, 15) is 0 Å². The van der Waals surface area contributed by atoms with Crippen molar-refractivity contribution in [2.45, 2.75) is 6.42 Å². The molecule has 2 heterocycles. The van der Waals surface area contributed by atoms with Gasteiger partial charge in [-0.05, 0) is 12.0 Å². The van der Waals surface area contributed by atoms with Gasteiger partial charge in [-0.25, -0.2) is 0 Å². The Morgan fingerprint density at radius 1 is 1.67 bits per heavy atom. The normalized spacial score (nSPS) is 32.9. The van der Waals surface area contributed by atoms with E-state index in [-0.39, 0.29) is 0 Å². The lowest BCUT2D eigenvalue weighted by Gasteiger charge is -2.15. The first-order valence-electron chi connectivity index (χ1n) is 3.48. The van der Waals surface area contributed by atoms with E-state index in [0.717, 1.165) is 25.6 Å². The minimum Gasteiger partial charge on any atom is -0.501 e. The average molecular weight is 125 g/mol. The average Bonchev–Trinajstić information content (AvgIpc) is 2.33. The highest BCUT2D eigenvalue weighted by atomic mass is 16.5. The molecule has 2 aliphatic heterocycles. The molecule has 2 aliphatic rings. The first-order valence-corrected chi connectivity index (χ1v) is 3.48. The second kappa shape index (κ2) is 2.03. The Hall–Kier alpha value is -0.500. The third-order valence-electron chi connectivity index (χ3n) is 2.06. The van der Waals surface area contributed by atoms with E-state index in [1.54, 1.807) is 0 Å². The summed E-state index contributed by atoms with van der Waals surface area (Å²) in [6, 6.07) is 0. The highest BCUT2D eigenvalue weighted by molar-refractivity contribution is 5.13. The smallest absolute Gasteiger partial charge is 0.0879 e. The van der Waals surface area contributed by atoms with Crippen LogP contribution in [0.3, 0.4) is 0 Å². The standard InChI is InChI=1S/C7H11NO/c1-2-9-5-7-4-8-3-6(1)7/h5-6,8H,1-4H2/t6-/m1/s1. The van der Waals surface area contributed by atoms with Crippen molar-refractivity contribution < 1.29 is 4.74 Å². The molecule has 1 N–H and O–H groups in total. The monoisotopic (exact) mass is 125 g/mol. The van der Waals surface area contributed by atoms with Crippen molar-refractivity contribution >= 4 is 0 Å². The number of fused-ring (bicyclic) bond motifs is 1. The molecular formula is C7H11NO. The van der Waals surface area contributed by atoms with Gasteiger partial charge in [-0.1, -0.05) is 0 Å². The van der Waals surface area contributed by atoms with Crippen LogP contribution in [-0.4, -0.2) is 19.7 Å². The van der Waals surface area contributed by atoms with E-state index in [2.05, 4.69) is 5.32 Å². The van der Waals surface area contributed by atoms with Crippen LogP contribution in [0.1, 0.15) is 6.42 Å². The summed E-state index contributed by atoms with van der Waals surface area (Å²) in [5, 5.41) is 3.32. The molecule has 0 aromatic rings. The van der Waals surface area contributed by atoms with Crippen molar-refractivity contribution in [2.75, 3.05) is 19.7 Å². The summed E-state index contributed by atoms with van der Waals surface area (Å²) in [7, 11) is 0. The molecule has 0 saturated carbocycles. The topological polar surface area (TPSA) is 21.3 Å². The molecule has 0 aromatic heterocycles. The number of ether oxygens (including phenoxy) is 1. The van der Waals surface area contributed by atoms with Gasteiger partial charge in [0, 0.05) is 19.0 Å². The lowest BCUT2D eigenvalue weighted by atomic mass is 9.99. The van der Waals surface area contributed by atoms with Crippen molar-refractivity contribution in [2.24, 2.45) is 5.92 Å². The van der Waals surface area contributed by atoms with Gasteiger partial charge in [0.1, 0.15) is 0 Å². The summed E-state index contributed by atoms with van der Waals surface area (Å²) in [5.74, 6) is 0.791. The van der Waals surface area contributed by atoms with Crippen LogP contribution in [0.2, 0.25) is 0 Å². The molecule has 2 heteroatoms. The minimum atomic E-state index is 0.791. The fraction of sp³-hybridized carbons (Fsp3) is 0.714. The van der Waals surface area contributed by atoms with Gasteiger partial charge >= 0.3 is 0 Å². The zero-order valence-electron chi connectivity index (χ0n) is 5.39. The fourth-order valence-electron chi connectivity index (χ4n) is 1.47. The Bertz CT molecular complexity index is 142. The molecule has 0 radical (unpaired) electrons. The van der Waals surface area contributed by atoms with Crippen LogP contribution in [0.4, 0.5) is 0 Å². The van der Waals surface area contributed by atoms with Crippen LogP contribution in [0.5, 0.6) is 0 Å². The molecule has 1 atom stereocenters. The Balaban J connectivity index is 2.16. The van der Waals surface area contributed by atoms with Crippen LogP contribution in [0.15, 0.2) is 11.8 Å². The van der Waals surface area contributed by atoms with Crippen LogP contribution < -0.4 is 5.32 Å². The summed E-state index contributed by atoms with van der Waals surface area (Å²) in [5.41, 5.74) is 1.46. The van der Waals surface area contributed by atoms with E-state index >= 15 is 0 Å². The van der Waals surface area contributed by atoms with E-state index in [4.69, 9.17) is 4.74 Å². The second-order valence-corrected chi connectivity index (χ2v) is 2.68. The molecule has 0 unspecified atom stereocenters. The van der Waals surface area contributed by atoms with Gasteiger partial charge in [-0.15, -0.1) is 0 Å². The van der Waals surface area contributed by atoms with E-state index in [1.807, 2.05) is 6.26 Å². The SMILES string of the molecule is C1=C2CNC[C@H]2CCO1. The van der Waals surface area contributed by atoms with Crippen molar-refractivity contribution in [3.05, 3.63) is 11.8 Å². The largest absolute Gasteiger partial charge is 0.501 e. The van der Waals surface area contributed by atoms with Crippen molar-refractivity contribution in [3.63, 3.8) is 0 Å². The number of nitrogens with one attached hydrogen (secondary N) is 1. The van der Waals surface area contributed by atoms with Crippen LogP contribution >= 0.6 is 0 Å². The first-order chi connectivity index (χ1) is 4.47. The molecule has 1 saturated heterocycles. The zero-order valence-corrected chi connectivity index (χ0v) is 5.39. The van der Waals surface area contributed by atoms with Gasteiger partial charge in [0.2, 0.25) is 0 Å². The molecule has 9 heavy (non-hydrogen) atoms. The van der Waals surface area contributed by atoms with E-state index < -0.39 is 0 Å². The second-order valence-electron chi connectivity index (χ2n) is 2.68. The van der Waals surface area contributed by atoms with Crippen molar-refractivity contribution in [1.29, 1.82) is 0 Å².